The maximum Gasteiger partial charge on any atom is 0.0713 e. The Bertz CT molecular complexity index is 2690. The van der Waals surface area contributed by atoms with Crippen LogP contribution in [0.2, 0.25) is 0 Å². The molecule has 0 fully saturated rings. The number of rotatable bonds is 7. The number of nitrogens with zero attached hydrogens (tertiary/aromatic N) is 1. The van der Waals surface area contributed by atoms with Crippen LogP contribution in [0.25, 0.3) is 44.2 Å². The molecule has 0 aromatic heterocycles. The summed E-state index contributed by atoms with van der Waals surface area (Å²) in [4.78, 5) is 2.36. The molecule has 0 N–H and O–H groups in total. The van der Waals surface area contributed by atoms with Crippen molar-refractivity contribution in [3.05, 3.63) is 247 Å². The Kier molecular flexibility index (Phi) is 7.78. The Hall–Kier alpha value is -6.96. The fraction of sp³-hybridized carbons (Fsp3) is 0.0189. The van der Waals surface area contributed by atoms with Crippen LogP contribution in [-0.4, -0.2) is 0 Å². The van der Waals surface area contributed by atoms with E-state index in [0.717, 1.165) is 17.1 Å². The SMILES string of the molecule is c1ccc(-c2c(-c3ccc(N(c4ccccc4)c4ccc(C5(c6ccccc6)c6ccccc6-c6ccccc65)cc4)cc3)ccc3ccccc23)cc1. The number of hydrogen-bond donors (Lipinski definition) is 0. The van der Waals surface area contributed by atoms with Gasteiger partial charge in [-0.05, 0) is 103 Å². The average molecular weight is 688 g/mol. The predicted octanol–water partition coefficient (Wildman–Crippen LogP) is 14.0. The Morgan fingerprint density at radius 2 is 0.778 bits per heavy atom. The molecule has 0 amide bonds. The lowest BCUT2D eigenvalue weighted by atomic mass is 9.68. The summed E-state index contributed by atoms with van der Waals surface area (Å²) >= 11 is 0. The molecular weight excluding hydrogens is 651 g/mol. The molecule has 1 heteroatoms. The Labute approximate surface area is 317 Å². The fourth-order valence-corrected chi connectivity index (χ4v) is 8.81. The maximum atomic E-state index is 2.36. The van der Waals surface area contributed by atoms with Crippen LogP contribution in [0.1, 0.15) is 22.3 Å². The molecule has 1 nitrogen and oxygen atoms in total. The topological polar surface area (TPSA) is 3.24 Å². The van der Waals surface area contributed by atoms with E-state index < -0.39 is 5.41 Å². The minimum absolute atomic E-state index is 0.428. The second-order valence-corrected chi connectivity index (χ2v) is 14.0. The zero-order chi connectivity index (χ0) is 35.9. The summed E-state index contributed by atoms with van der Waals surface area (Å²) in [5.41, 5.74) is 15.6. The van der Waals surface area contributed by atoms with E-state index in [1.807, 2.05) is 0 Å². The van der Waals surface area contributed by atoms with Gasteiger partial charge in [0, 0.05) is 17.1 Å². The normalized spacial score (nSPS) is 12.6. The van der Waals surface area contributed by atoms with E-state index in [2.05, 4.69) is 229 Å². The molecule has 0 radical (unpaired) electrons. The van der Waals surface area contributed by atoms with Gasteiger partial charge in [0.2, 0.25) is 0 Å². The molecule has 254 valence electrons. The monoisotopic (exact) mass is 687 g/mol. The summed E-state index contributed by atoms with van der Waals surface area (Å²) in [5, 5.41) is 2.51. The number of anilines is 3. The standard InChI is InChI=1S/C53H37N/c1-4-17-40(18-5-1)52-46-23-11-10-16-38(46)30-37-47(52)39-28-33-44(34-29-39)54(43-21-8-3-9-22-43)45-35-31-42(32-36-45)53(41-19-6-2-7-20-41)50-26-14-12-24-48(50)49-25-13-15-27-51(49)53/h1-37H. The highest BCUT2D eigenvalue weighted by Crippen LogP contribution is 2.56. The van der Waals surface area contributed by atoms with E-state index in [1.165, 1.54) is 66.4 Å². The van der Waals surface area contributed by atoms with Gasteiger partial charge in [0.15, 0.2) is 0 Å². The van der Waals surface area contributed by atoms with Crippen LogP contribution in [0.4, 0.5) is 17.1 Å². The van der Waals surface area contributed by atoms with Gasteiger partial charge < -0.3 is 4.90 Å². The third-order valence-electron chi connectivity index (χ3n) is 11.2. The quantitative estimate of drug-likeness (QED) is 0.161. The van der Waals surface area contributed by atoms with E-state index in [0.29, 0.717) is 0 Å². The molecular formula is C53H37N. The van der Waals surface area contributed by atoms with Crippen LogP contribution >= 0.6 is 0 Å². The first kappa shape index (κ1) is 31.7. The summed E-state index contributed by atoms with van der Waals surface area (Å²) in [6.45, 7) is 0. The number of fused-ring (bicyclic) bond motifs is 4. The average Bonchev–Trinajstić information content (AvgIpc) is 3.56. The van der Waals surface area contributed by atoms with E-state index in [4.69, 9.17) is 0 Å². The first-order chi connectivity index (χ1) is 26.8. The van der Waals surface area contributed by atoms with Crippen molar-refractivity contribution < 1.29 is 0 Å². The molecule has 0 atom stereocenters. The first-order valence-corrected chi connectivity index (χ1v) is 18.7. The number of benzene rings is 9. The van der Waals surface area contributed by atoms with Crippen molar-refractivity contribution in [2.24, 2.45) is 0 Å². The van der Waals surface area contributed by atoms with Crippen molar-refractivity contribution in [3.8, 4) is 33.4 Å². The molecule has 1 aliphatic rings. The molecule has 0 aliphatic heterocycles. The van der Waals surface area contributed by atoms with E-state index in [1.54, 1.807) is 0 Å². The molecule has 1 aliphatic carbocycles. The lowest BCUT2D eigenvalue weighted by molar-refractivity contribution is 0.768. The summed E-state index contributed by atoms with van der Waals surface area (Å²) in [6.07, 6.45) is 0. The van der Waals surface area contributed by atoms with Gasteiger partial charge in [0.1, 0.15) is 0 Å². The van der Waals surface area contributed by atoms with Crippen molar-refractivity contribution >= 4 is 27.8 Å². The largest absolute Gasteiger partial charge is 0.311 e. The van der Waals surface area contributed by atoms with Gasteiger partial charge in [-0.15, -0.1) is 0 Å². The zero-order valence-corrected chi connectivity index (χ0v) is 29.8. The molecule has 0 bridgehead atoms. The van der Waals surface area contributed by atoms with Crippen molar-refractivity contribution in [1.82, 2.24) is 0 Å². The third-order valence-corrected chi connectivity index (χ3v) is 11.2. The minimum Gasteiger partial charge on any atom is -0.311 e. The van der Waals surface area contributed by atoms with Crippen LogP contribution in [0, 0.1) is 0 Å². The molecule has 54 heavy (non-hydrogen) atoms. The van der Waals surface area contributed by atoms with Gasteiger partial charge in [-0.25, -0.2) is 0 Å². The molecule has 0 heterocycles. The molecule has 0 saturated heterocycles. The van der Waals surface area contributed by atoms with E-state index >= 15 is 0 Å². The van der Waals surface area contributed by atoms with Crippen LogP contribution in [-0.2, 0) is 5.41 Å². The lowest BCUT2D eigenvalue weighted by Gasteiger charge is -2.34. The predicted molar refractivity (Wildman–Crippen MR) is 227 cm³/mol. The molecule has 10 rings (SSSR count). The van der Waals surface area contributed by atoms with Crippen LogP contribution < -0.4 is 4.90 Å². The van der Waals surface area contributed by atoms with Gasteiger partial charge in [0.25, 0.3) is 0 Å². The highest BCUT2D eigenvalue weighted by atomic mass is 15.1. The second-order valence-electron chi connectivity index (χ2n) is 14.0. The van der Waals surface area contributed by atoms with Crippen molar-refractivity contribution in [3.63, 3.8) is 0 Å². The number of hydrogen-bond acceptors (Lipinski definition) is 1. The van der Waals surface area contributed by atoms with Crippen molar-refractivity contribution in [1.29, 1.82) is 0 Å². The molecule has 0 saturated carbocycles. The molecule has 9 aromatic rings. The third kappa shape index (κ3) is 5.09. The smallest absolute Gasteiger partial charge is 0.0713 e. The summed E-state index contributed by atoms with van der Waals surface area (Å²) < 4.78 is 0. The van der Waals surface area contributed by atoms with Gasteiger partial charge in [-0.1, -0.05) is 188 Å². The molecule has 9 aromatic carbocycles. The second kappa shape index (κ2) is 13.2. The van der Waals surface area contributed by atoms with Gasteiger partial charge in [-0.2, -0.15) is 0 Å². The number of para-hydroxylation sites is 1. The fourth-order valence-electron chi connectivity index (χ4n) is 8.81. The Morgan fingerprint density at radius 1 is 0.296 bits per heavy atom. The zero-order valence-electron chi connectivity index (χ0n) is 29.8. The van der Waals surface area contributed by atoms with Gasteiger partial charge >= 0.3 is 0 Å². The minimum atomic E-state index is -0.428. The van der Waals surface area contributed by atoms with Crippen molar-refractivity contribution in [2.75, 3.05) is 4.90 Å². The van der Waals surface area contributed by atoms with E-state index in [9.17, 15) is 0 Å². The summed E-state index contributed by atoms with van der Waals surface area (Å²) in [6, 6.07) is 81.8. The summed E-state index contributed by atoms with van der Waals surface area (Å²) in [5.74, 6) is 0. The Morgan fingerprint density at radius 3 is 1.43 bits per heavy atom. The van der Waals surface area contributed by atoms with Crippen LogP contribution in [0.15, 0.2) is 224 Å². The lowest BCUT2D eigenvalue weighted by Crippen LogP contribution is -2.28. The molecule has 0 unspecified atom stereocenters. The van der Waals surface area contributed by atoms with Gasteiger partial charge in [-0.3, -0.25) is 0 Å². The van der Waals surface area contributed by atoms with Crippen molar-refractivity contribution in [2.45, 2.75) is 5.41 Å². The summed E-state index contributed by atoms with van der Waals surface area (Å²) in [7, 11) is 0. The highest BCUT2D eigenvalue weighted by Gasteiger charge is 2.45. The van der Waals surface area contributed by atoms with Crippen LogP contribution in [0.5, 0.6) is 0 Å². The molecule has 0 spiro atoms. The van der Waals surface area contributed by atoms with Gasteiger partial charge in [0.05, 0.1) is 5.41 Å². The van der Waals surface area contributed by atoms with E-state index in [-0.39, 0.29) is 0 Å². The first-order valence-electron chi connectivity index (χ1n) is 18.7. The maximum absolute atomic E-state index is 2.36. The Balaban J connectivity index is 1.09. The highest BCUT2D eigenvalue weighted by molar-refractivity contribution is 6.04. The van der Waals surface area contributed by atoms with Crippen LogP contribution in [0.3, 0.4) is 0 Å².